The standard InChI is InChI=1S/C33H48N2O4/c1-3-5-6-7-8-9-10-11-12-13-14-15-16-17-32(36)35-34-27-28-18-22-31(23-19-28)39-33(37)29-20-24-30(25-21-29)38-26-4-2/h18-25,27H,3-17,26H2,1-2H3,(H,35,36)/b34-27-. The molecule has 39 heavy (non-hydrogen) atoms. The maximum absolute atomic E-state index is 12.4. The number of carbonyl (C=O) groups excluding carboxylic acids is 2. The van der Waals surface area contributed by atoms with E-state index in [-0.39, 0.29) is 5.91 Å². The van der Waals surface area contributed by atoms with Gasteiger partial charge in [0.25, 0.3) is 0 Å². The lowest BCUT2D eigenvalue weighted by Crippen LogP contribution is -2.16. The molecule has 214 valence electrons. The van der Waals surface area contributed by atoms with E-state index in [1.807, 2.05) is 6.92 Å². The van der Waals surface area contributed by atoms with E-state index in [9.17, 15) is 9.59 Å². The van der Waals surface area contributed by atoms with Gasteiger partial charge in [0.15, 0.2) is 0 Å². The van der Waals surface area contributed by atoms with E-state index in [2.05, 4.69) is 17.5 Å². The third-order valence-electron chi connectivity index (χ3n) is 6.56. The number of unbranched alkanes of at least 4 members (excludes halogenated alkanes) is 12. The third-order valence-corrected chi connectivity index (χ3v) is 6.56. The first-order chi connectivity index (χ1) is 19.1. The Morgan fingerprint density at radius 2 is 1.23 bits per heavy atom. The number of ether oxygens (including phenoxy) is 2. The number of carbonyl (C=O) groups is 2. The summed E-state index contributed by atoms with van der Waals surface area (Å²) in [5, 5.41) is 4.05. The van der Waals surface area contributed by atoms with Gasteiger partial charge in [-0.15, -0.1) is 0 Å². The molecule has 0 atom stereocenters. The quantitative estimate of drug-likeness (QED) is 0.0569. The molecular formula is C33H48N2O4. The maximum atomic E-state index is 12.4. The van der Waals surface area contributed by atoms with Crippen molar-refractivity contribution in [2.24, 2.45) is 5.10 Å². The van der Waals surface area contributed by atoms with Crippen LogP contribution in [0.1, 0.15) is 126 Å². The van der Waals surface area contributed by atoms with Crippen molar-refractivity contribution < 1.29 is 19.1 Å². The van der Waals surface area contributed by atoms with E-state index in [0.29, 0.717) is 24.3 Å². The van der Waals surface area contributed by atoms with Crippen molar-refractivity contribution in [3.8, 4) is 11.5 Å². The van der Waals surface area contributed by atoms with Gasteiger partial charge in [0.2, 0.25) is 5.91 Å². The summed E-state index contributed by atoms with van der Waals surface area (Å²) in [6.45, 7) is 4.95. The van der Waals surface area contributed by atoms with Crippen LogP contribution >= 0.6 is 0 Å². The summed E-state index contributed by atoms with van der Waals surface area (Å²) >= 11 is 0. The lowest BCUT2D eigenvalue weighted by Gasteiger charge is -2.07. The number of rotatable bonds is 21. The molecule has 0 aromatic heterocycles. The van der Waals surface area contributed by atoms with Crippen molar-refractivity contribution in [3.63, 3.8) is 0 Å². The largest absolute Gasteiger partial charge is 0.494 e. The topological polar surface area (TPSA) is 77.0 Å². The second kappa shape index (κ2) is 20.8. The Morgan fingerprint density at radius 3 is 1.79 bits per heavy atom. The van der Waals surface area contributed by atoms with Gasteiger partial charge in [-0.3, -0.25) is 4.79 Å². The lowest BCUT2D eigenvalue weighted by molar-refractivity contribution is -0.121. The number of nitrogens with zero attached hydrogens (tertiary/aromatic N) is 1. The summed E-state index contributed by atoms with van der Waals surface area (Å²) in [5.41, 5.74) is 3.85. The van der Waals surface area contributed by atoms with Gasteiger partial charge >= 0.3 is 5.97 Å². The van der Waals surface area contributed by atoms with E-state index in [1.54, 1.807) is 54.7 Å². The molecule has 0 bridgehead atoms. The zero-order valence-corrected chi connectivity index (χ0v) is 24.1. The summed E-state index contributed by atoms with van der Waals surface area (Å²) in [6, 6.07) is 13.9. The lowest BCUT2D eigenvalue weighted by atomic mass is 10.0. The summed E-state index contributed by atoms with van der Waals surface area (Å²) in [4.78, 5) is 24.4. The fourth-order valence-corrected chi connectivity index (χ4v) is 4.23. The highest BCUT2D eigenvalue weighted by atomic mass is 16.5. The molecule has 2 aromatic rings. The Bertz CT molecular complexity index is 955. The summed E-state index contributed by atoms with van der Waals surface area (Å²) in [5.74, 6) is 0.674. The zero-order valence-electron chi connectivity index (χ0n) is 24.1. The number of hydrogen-bond donors (Lipinski definition) is 1. The van der Waals surface area contributed by atoms with Crippen LogP contribution in [0.4, 0.5) is 0 Å². The Kier molecular flexibility index (Phi) is 17.1. The molecule has 0 aliphatic heterocycles. The van der Waals surface area contributed by atoms with Gasteiger partial charge in [-0.2, -0.15) is 5.10 Å². The average molecular weight is 537 g/mol. The molecule has 6 heteroatoms. The van der Waals surface area contributed by atoms with Crippen molar-refractivity contribution in [1.82, 2.24) is 5.43 Å². The minimum Gasteiger partial charge on any atom is -0.494 e. The van der Waals surface area contributed by atoms with Gasteiger partial charge in [0.1, 0.15) is 11.5 Å². The number of esters is 1. The fraction of sp³-hybridized carbons (Fsp3) is 0.545. The molecular weight excluding hydrogens is 488 g/mol. The fourth-order valence-electron chi connectivity index (χ4n) is 4.23. The molecule has 0 aliphatic rings. The molecule has 0 heterocycles. The van der Waals surface area contributed by atoms with Gasteiger partial charge < -0.3 is 9.47 Å². The smallest absolute Gasteiger partial charge is 0.343 e. The zero-order chi connectivity index (χ0) is 28.0. The molecule has 0 unspecified atom stereocenters. The molecule has 0 saturated carbocycles. The summed E-state index contributed by atoms with van der Waals surface area (Å²) < 4.78 is 11.0. The number of benzene rings is 2. The van der Waals surface area contributed by atoms with E-state index < -0.39 is 5.97 Å². The van der Waals surface area contributed by atoms with Gasteiger partial charge in [-0.1, -0.05) is 90.9 Å². The highest BCUT2D eigenvalue weighted by Gasteiger charge is 2.09. The van der Waals surface area contributed by atoms with Crippen LogP contribution < -0.4 is 14.9 Å². The highest BCUT2D eigenvalue weighted by molar-refractivity contribution is 5.91. The van der Waals surface area contributed by atoms with Crippen molar-refractivity contribution in [3.05, 3.63) is 59.7 Å². The molecule has 0 radical (unpaired) electrons. The number of hydrogen-bond acceptors (Lipinski definition) is 5. The van der Waals surface area contributed by atoms with Crippen LogP contribution in [-0.4, -0.2) is 24.7 Å². The Hall–Kier alpha value is -3.15. The second-order valence-corrected chi connectivity index (χ2v) is 10.1. The van der Waals surface area contributed by atoms with Gasteiger partial charge in [0, 0.05) is 6.42 Å². The van der Waals surface area contributed by atoms with Crippen molar-refractivity contribution in [1.29, 1.82) is 0 Å². The minimum atomic E-state index is -0.432. The molecule has 6 nitrogen and oxygen atoms in total. The summed E-state index contributed by atoms with van der Waals surface area (Å²) in [7, 11) is 0. The predicted octanol–water partition coefficient (Wildman–Crippen LogP) is 8.63. The van der Waals surface area contributed by atoms with Gasteiger partial charge in [-0.25, -0.2) is 10.2 Å². The molecule has 1 amide bonds. The van der Waals surface area contributed by atoms with Gasteiger partial charge in [-0.05, 0) is 66.9 Å². The average Bonchev–Trinajstić information content (AvgIpc) is 2.95. The van der Waals surface area contributed by atoms with E-state index in [4.69, 9.17) is 9.47 Å². The Labute approximate surface area is 235 Å². The summed E-state index contributed by atoms with van der Waals surface area (Å²) in [6.07, 6.45) is 19.7. The molecule has 1 N–H and O–H groups in total. The van der Waals surface area contributed by atoms with Crippen LogP contribution in [-0.2, 0) is 4.79 Å². The van der Waals surface area contributed by atoms with E-state index in [1.165, 1.54) is 70.6 Å². The monoisotopic (exact) mass is 536 g/mol. The normalized spacial score (nSPS) is 11.0. The predicted molar refractivity (Wildman–Crippen MR) is 160 cm³/mol. The first-order valence-corrected chi connectivity index (χ1v) is 15.0. The molecule has 0 saturated heterocycles. The van der Waals surface area contributed by atoms with Crippen LogP contribution in [0.3, 0.4) is 0 Å². The van der Waals surface area contributed by atoms with E-state index >= 15 is 0 Å². The highest BCUT2D eigenvalue weighted by Crippen LogP contribution is 2.17. The van der Waals surface area contributed by atoms with Gasteiger partial charge in [0.05, 0.1) is 18.4 Å². The van der Waals surface area contributed by atoms with Crippen molar-refractivity contribution in [2.75, 3.05) is 6.61 Å². The molecule has 0 spiro atoms. The van der Waals surface area contributed by atoms with Crippen molar-refractivity contribution >= 4 is 18.1 Å². The van der Waals surface area contributed by atoms with Crippen LogP contribution in [0, 0.1) is 0 Å². The Balaban J connectivity index is 1.53. The molecule has 2 rings (SSSR count). The second-order valence-electron chi connectivity index (χ2n) is 10.1. The maximum Gasteiger partial charge on any atom is 0.343 e. The van der Waals surface area contributed by atoms with Crippen molar-refractivity contribution in [2.45, 2.75) is 110 Å². The van der Waals surface area contributed by atoms with Crippen LogP contribution in [0.25, 0.3) is 0 Å². The Morgan fingerprint density at radius 1 is 0.692 bits per heavy atom. The minimum absolute atomic E-state index is 0.0639. The third kappa shape index (κ3) is 15.1. The van der Waals surface area contributed by atoms with Crippen LogP contribution in [0.15, 0.2) is 53.6 Å². The number of hydrazone groups is 1. The first-order valence-electron chi connectivity index (χ1n) is 15.0. The van der Waals surface area contributed by atoms with E-state index in [0.717, 1.165) is 30.6 Å². The number of amides is 1. The molecule has 0 fully saturated rings. The first kappa shape index (κ1) is 32.1. The SMILES string of the molecule is CCCCCCCCCCCCCCCC(=O)N/N=C\c1ccc(OC(=O)c2ccc(OCCC)cc2)cc1. The number of nitrogens with one attached hydrogen (secondary N) is 1. The molecule has 2 aromatic carbocycles. The molecule has 0 aliphatic carbocycles. The van der Waals surface area contributed by atoms with Crippen LogP contribution in [0.2, 0.25) is 0 Å². The van der Waals surface area contributed by atoms with Crippen LogP contribution in [0.5, 0.6) is 11.5 Å².